The fraction of sp³-hybridized carbons (Fsp3) is 0.200. The maximum atomic E-state index is 13.9. The highest BCUT2D eigenvalue weighted by atomic mass is 19.1. The van der Waals surface area contributed by atoms with E-state index in [0.717, 1.165) is 11.1 Å². The summed E-state index contributed by atoms with van der Waals surface area (Å²) >= 11 is 0. The van der Waals surface area contributed by atoms with Crippen molar-refractivity contribution in [3.63, 3.8) is 0 Å². The number of halogens is 1. The van der Waals surface area contributed by atoms with E-state index >= 15 is 0 Å². The summed E-state index contributed by atoms with van der Waals surface area (Å²) < 4.78 is 19.4. The first-order valence-electron chi connectivity index (χ1n) is 10.1. The summed E-state index contributed by atoms with van der Waals surface area (Å²) in [6.07, 6.45) is 0. The number of amides is 2. The minimum absolute atomic E-state index is 0.0601. The fourth-order valence-corrected chi connectivity index (χ4v) is 3.78. The molecular formula is C25H23FN2O3. The van der Waals surface area contributed by atoms with Gasteiger partial charge in [-0.1, -0.05) is 42.5 Å². The van der Waals surface area contributed by atoms with Gasteiger partial charge in [0.1, 0.15) is 11.6 Å². The molecule has 0 aromatic heterocycles. The van der Waals surface area contributed by atoms with Crippen LogP contribution in [0.25, 0.3) is 11.1 Å². The molecule has 4 rings (SSSR count). The van der Waals surface area contributed by atoms with E-state index in [0.29, 0.717) is 37.5 Å². The maximum absolute atomic E-state index is 13.9. The molecule has 1 saturated heterocycles. The quantitative estimate of drug-likeness (QED) is 0.641. The van der Waals surface area contributed by atoms with Crippen LogP contribution in [0.5, 0.6) is 5.75 Å². The minimum Gasteiger partial charge on any atom is -0.496 e. The number of piperazine rings is 1. The third kappa shape index (κ3) is 4.28. The molecule has 158 valence electrons. The zero-order valence-electron chi connectivity index (χ0n) is 17.3. The second kappa shape index (κ2) is 9.00. The molecule has 1 aliphatic rings. The van der Waals surface area contributed by atoms with E-state index in [1.54, 1.807) is 41.2 Å². The summed E-state index contributed by atoms with van der Waals surface area (Å²) in [4.78, 5) is 29.0. The topological polar surface area (TPSA) is 49.9 Å². The highest BCUT2D eigenvalue weighted by Gasteiger charge is 2.27. The van der Waals surface area contributed by atoms with E-state index in [4.69, 9.17) is 4.74 Å². The number of ether oxygens (including phenoxy) is 1. The predicted octanol–water partition coefficient (Wildman–Crippen LogP) is 4.10. The van der Waals surface area contributed by atoms with Crippen molar-refractivity contribution in [1.82, 2.24) is 9.80 Å². The molecule has 3 aromatic rings. The highest BCUT2D eigenvalue weighted by Crippen LogP contribution is 2.31. The standard InChI is InChI=1S/C25H23FN2O3/c1-31-23-12-11-19(17-21(23)18-7-3-2-4-8-18)24(29)27-13-15-28(16-14-27)25(30)20-9-5-6-10-22(20)26/h2-12,17H,13-16H2,1H3. The molecule has 0 atom stereocenters. The van der Waals surface area contributed by atoms with E-state index in [-0.39, 0.29) is 17.4 Å². The minimum atomic E-state index is -0.530. The third-order valence-electron chi connectivity index (χ3n) is 5.49. The second-order valence-corrected chi connectivity index (χ2v) is 7.35. The Morgan fingerprint density at radius 1 is 0.806 bits per heavy atom. The van der Waals surface area contributed by atoms with Crippen molar-refractivity contribution in [3.8, 4) is 16.9 Å². The number of nitrogens with zero attached hydrogens (tertiary/aromatic N) is 2. The van der Waals surface area contributed by atoms with Crippen molar-refractivity contribution in [3.05, 3.63) is 89.7 Å². The van der Waals surface area contributed by atoms with Crippen LogP contribution in [0.15, 0.2) is 72.8 Å². The molecular weight excluding hydrogens is 395 g/mol. The molecule has 0 radical (unpaired) electrons. The van der Waals surface area contributed by atoms with E-state index in [9.17, 15) is 14.0 Å². The van der Waals surface area contributed by atoms with Crippen LogP contribution in [-0.2, 0) is 0 Å². The Morgan fingerprint density at radius 2 is 1.42 bits per heavy atom. The van der Waals surface area contributed by atoms with Crippen molar-refractivity contribution < 1.29 is 18.7 Å². The molecule has 0 N–H and O–H groups in total. The molecule has 0 saturated carbocycles. The van der Waals surface area contributed by atoms with E-state index < -0.39 is 5.82 Å². The molecule has 1 heterocycles. The van der Waals surface area contributed by atoms with E-state index in [2.05, 4.69) is 0 Å². The van der Waals surface area contributed by atoms with Crippen molar-refractivity contribution >= 4 is 11.8 Å². The molecule has 0 spiro atoms. The zero-order chi connectivity index (χ0) is 21.8. The molecule has 0 bridgehead atoms. The van der Waals surface area contributed by atoms with Gasteiger partial charge in [0.15, 0.2) is 0 Å². The van der Waals surface area contributed by atoms with Crippen LogP contribution in [-0.4, -0.2) is 54.9 Å². The number of hydrogen-bond acceptors (Lipinski definition) is 3. The Kier molecular flexibility index (Phi) is 5.98. The average molecular weight is 418 g/mol. The van der Waals surface area contributed by atoms with Crippen molar-refractivity contribution in [2.45, 2.75) is 0 Å². The molecule has 0 unspecified atom stereocenters. The summed E-state index contributed by atoms with van der Waals surface area (Å²) in [5.74, 6) is -0.278. The van der Waals surface area contributed by atoms with Crippen LogP contribution in [0.4, 0.5) is 4.39 Å². The summed E-state index contributed by atoms with van der Waals surface area (Å²) in [7, 11) is 1.61. The van der Waals surface area contributed by atoms with Gasteiger partial charge in [0.25, 0.3) is 11.8 Å². The van der Waals surface area contributed by atoms with Gasteiger partial charge in [0.2, 0.25) is 0 Å². The van der Waals surface area contributed by atoms with Gasteiger partial charge in [-0.05, 0) is 35.9 Å². The average Bonchev–Trinajstić information content (AvgIpc) is 2.83. The summed E-state index contributed by atoms with van der Waals surface area (Å²) in [6, 6.07) is 21.1. The van der Waals surface area contributed by atoms with Gasteiger partial charge < -0.3 is 14.5 Å². The lowest BCUT2D eigenvalue weighted by atomic mass is 10.0. The molecule has 31 heavy (non-hydrogen) atoms. The normalized spacial score (nSPS) is 13.7. The first kappa shape index (κ1) is 20.6. The lowest BCUT2D eigenvalue weighted by Gasteiger charge is -2.35. The summed E-state index contributed by atoms with van der Waals surface area (Å²) in [5, 5.41) is 0. The van der Waals surface area contributed by atoms with Gasteiger partial charge in [-0.2, -0.15) is 0 Å². The molecule has 0 aliphatic carbocycles. The Morgan fingerprint density at radius 3 is 2.06 bits per heavy atom. The molecule has 6 heteroatoms. The number of methoxy groups -OCH3 is 1. The summed E-state index contributed by atoms with van der Waals surface area (Å²) in [6.45, 7) is 1.51. The predicted molar refractivity (Wildman–Crippen MR) is 117 cm³/mol. The third-order valence-corrected chi connectivity index (χ3v) is 5.49. The molecule has 2 amide bonds. The van der Waals surface area contributed by atoms with Crippen LogP contribution in [0.2, 0.25) is 0 Å². The van der Waals surface area contributed by atoms with Crippen LogP contribution in [0, 0.1) is 5.82 Å². The molecule has 3 aromatic carbocycles. The van der Waals surface area contributed by atoms with Crippen LogP contribution in [0.1, 0.15) is 20.7 Å². The largest absolute Gasteiger partial charge is 0.496 e. The Balaban J connectivity index is 1.48. The molecule has 1 aliphatic heterocycles. The monoisotopic (exact) mass is 418 g/mol. The van der Waals surface area contributed by atoms with Crippen LogP contribution >= 0.6 is 0 Å². The lowest BCUT2D eigenvalue weighted by Crippen LogP contribution is -2.50. The Labute approximate surface area is 180 Å². The number of hydrogen-bond donors (Lipinski definition) is 0. The van der Waals surface area contributed by atoms with Gasteiger partial charge in [0, 0.05) is 37.3 Å². The zero-order valence-corrected chi connectivity index (χ0v) is 17.3. The smallest absolute Gasteiger partial charge is 0.256 e. The van der Waals surface area contributed by atoms with Crippen molar-refractivity contribution in [2.24, 2.45) is 0 Å². The first-order chi connectivity index (χ1) is 15.1. The summed E-state index contributed by atoms with van der Waals surface area (Å²) in [5.41, 5.74) is 2.44. The number of carbonyl (C=O) groups excluding carboxylic acids is 2. The van der Waals surface area contributed by atoms with Gasteiger partial charge in [-0.15, -0.1) is 0 Å². The van der Waals surface area contributed by atoms with Crippen LogP contribution < -0.4 is 4.74 Å². The number of rotatable bonds is 4. The van der Waals surface area contributed by atoms with Gasteiger partial charge >= 0.3 is 0 Å². The van der Waals surface area contributed by atoms with Gasteiger partial charge in [-0.25, -0.2) is 4.39 Å². The maximum Gasteiger partial charge on any atom is 0.256 e. The SMILES string of the molecule is COc1ccc(C(=O)N2CCN(C(=O)c3ccccc3F)CC2)cc1-c1ccccc1. The fourth-order valence-electron chi connectivity index (χ4n) is 3.78. The number of carbonyl (C=O) groups is 2. The van der Waals surface area contributed by atoms with Gasteiger partial charge in [-0.3, -0.25) is 9.59 Å². The Hall–Kier alpha value is -3.67. The van der Waals surface area contributed by atoms with Crippen molar-refractivity contribution in [2.75, 3.05) is 33.3 Å². The van der Waals surface area contributed by atoms with Crippen molar-refractivity contribution in [1.29, 1.82) is 0 Å². The number of benzene rings is 3. The van der Waals surface area contributed by atoms with Gasteiger partial charge in [0.05, 0.1) is 12.7 Å². The van der Waals surface area contributed by atoms with Crippen LogP contribution in [0.3, 0.4) is 0 Å². The van der Waals surface area contributed by atoms with E-state index in [1.165, 1.54) is 12.1 Å². The molecule has 1 fully saturated rings. The molecule has 5 nitrogen and oxygen atoms in total. The second-order valence-electron chi connectivity index (χ2n) is 7.35. The Bertz CT molecular complexity index is 1090. The first-order valence-corrected chi connectivity index (χ1v) is 10.1. The van der Waals surface area contributed by atoms with E-state index in [1.807, 2.05) is 36.4 Å². The lowest BCUT2D eigenvalue weighted by molar-refractivity contribution is 0.0533. The highest BCUT2D eigenvalue weighted by molar-refractivity contribution is 5.97.